The summed E-state index contributed by atoms with van der Waals surface area (Å²) in [6, 6.07) is 12.9. The number of pyridine rings is 1. The molecule has 0 aliphatic heterocycles. The zero-order valence-corrected chi connectivity index (χ0v) is 11.3. The third-order valence-corrected chi connectivity index (χ3v) is 3.57. The maximum Gasteiger partial charge on any atom is 0.135 e. The minimum Gasteiger partial charge on any atom is -0.506 e. The highest BCUT2D eigenvalue weighted by Gasteiger charge is 2.09. The number of nitrogens with zero attached hydrogens (tertiary/aromatic N) is 1. The molecule has 0 saturated heterocycles. The average Bonchev–Trinajstić information content (AvgIpc) is 2.42. The molecule has 0 aliphatic carbocycles. The highest BCUT2D eigenvalue weighted by molar-refractivity contribution is 6.36. The number of phenolic OH excluding ortho intramolecular Hbond substituents is 1. The van der Waals surface area contributed by atoms with Crippen molar-refractivity contribution >= 4 is 34.1 Å². The molecule has 2 aromatic carbocycles. The molecule has 0 spiro atoms. The maximum atomic E-state index is 9.51. The maximum absolute atomic E-state index is 9.51. The van der Waals surface area contributed by atoms with Crippen LogP contribution in [0.3, 0.4) is 0 Å². The summed E-state index contributed by atoms with van der Waals surface area (Å²) in [5.41, 5.74) is 2.58. The summed E-state index contributed by atoms with van der Waals surface area (Å²) in [5, 5.41) is 11.3. The van der Waals surface area contributed by atoms with Crippen molar-refractivity contribution < 1.29 is 5.11 Å². The smallest absolute Gasteiger partial charge is 0.135 e. The second-order valence-corrected chi connectivity index (χ2v) is 5.01. The van der Waals surface area contributed by atoms with E-state index >= 15 is 0 Å². The molecule has 0 saturated carbocycles. The van der Waals surface area contributed by atoms with Gasteiger partial charge in [-0.25, -0.2) is 0 Å². The van der Waals surface area contributed by atoms with Gasteiger partial charge < -0.3 is 5.11 Å². The summed E-state index contributed by atoms with van der Waals surface area (Å²) in [4.78, 5) is 4.31. The van der Waals surface area contributed by atoms with E-state index in [4.69, 9.17) is 23.2 Å². The first kappa shape index (κ1) is 12.3. The molecule has 1 heterocycles. The molecule has 0 unspecified atom stereocenters. The summed E-state index contributed by atoms with van der Waals surface area (Å²) in [6.45, 7) is 0. The number of hydrogen-bond donors (Lipinski definition) is 1. The third kappa shape index (κ3) is 2.25. The molecule has 0 atom stereocenters. The molecule has 1 aromatic heterocycles. The van der Waals surface area contributed by atoms with Gasteiger partial charge >= 0.3 is 0 Å². The molecular formula is C15H9Cl2NO. The van der Waals surface area contributed by atoms with E-state index in [0.29, 0.717) is 5.02 Å². The zero-order chi connectivity index (χ0) is 13.4. The van der Waals surface area contributed by atoms with Gasteiger partial charge in [-0.05, 0) is 23.8 Å². The third-order valence-electron chi connectivity index (χ3n) is 2.95. The van der Waals surface area contributed by atoms with E-state index in [1.165, 1.54) is 6.07 Å². The number of benzene rings is 2. The van der Waals surface area contributed by atoms with Crippen LogP contribution in [0, 0.1) is 0 Å². The van der Waals surface area contributed by atoms with E-state index in [-0.39, 0.29) is 10.8 Å². The highest BCUT2D eigenvalue weighted by Crippen LogP contribution is 2.36. The first-order chi connectivity index (χ1) is 9.15. The summed E-state index contributed by atoms with van der Waals surface area (Å²) in [6.07, 6.45) is 1.75. The Bertz CT molecular complexity index is 771. The van der Waals surface area contributed by atoms with E-state index in [9.17, 15) is 5.11 Å². The van der Waals surface area contributed by atoms with Gasteiger partial charge in [-0.2, -0.15) is 0 Å². The lowest BCUT2D eigenvalue weighted by Crippen LogP contribution is -1.83. The minimum atomic E-state index is -0.0191. The second kappa shape index (κ2) is 4.72. The molecule has 3 aromatic rings. The van der Waals surface area contributed by atoms with Gasteiger partial charge in [0.25, 0.3) is 0 Å². The first-order valence-electron chi connectivity index (χ1n) is 5.68. The highest BCUT2D eigenvalue weighted by atomic mass is 35.5. The van der Waals surface area contributed by atoms with E-state index in [1.807, 2.05) is 30.3 Å². The number of phenols is 1. The number of aromatic nitrogens is 1. The minimum absolute atomic E-state index is 0.0191. The molecule has 0 bridgehead atoms. The van der Waals surface area contributed by atoms with Crippen molar-refractivity contribution in [3.05, 3.63) is 58.7 Å². The molecule has 0 amide bonds. The number of halogens is 2. The lowest BCUT2D eigenvalue weighted by atomic mass is 10.0. The lowest BCUT2D eigenvalue weighted by Gasteiger charge is -2.07. The fourth-order valence-electron chi connectivity index (χ4n) is 1.99. The standard InChI is InChI=1S/C15H9Cl2NO/c16-12-8-15(19)13(17)7-11(12)10-4-3-9-2-1-5-18-14(9)6-10/h1-8,19H. The number of rotatable bonds is 1. The summed E-state index contributed by atoms with van der Waals surface area (Å²) >= 11 is 12.1. The Morgan fingerprint density at radius 3 is 2.63 bits per heavy atom. The number of aromatic hydroxyl groups is 1. The Hall–Kier alpha value is -1.77. The molecule has 0 aliphatic rings. The molecule has 19 heavy (non-hydrogen) atoms. The zero-order valence-electron chi connectivity index (χ0n) is 9.77. The predicted octanol–water partition coefficient (Wildman–Crippen LogP) is 4.91. The van der Waals surface area contributed by atoms with Gasteiger partial charge in [0.1, 0.15) is 5.75 Å². The van der Waals surface area contributed by atoms with Crippen LogP contribution in [0.1, 0.15) is 0 Å². The van der Waals surface area contributed by atoms with Crippen LogP contribution in [0.5, 0.6) is 5.75 Å². The molecule has 0 radical (unpaired) electrons. The molecular weight excluding hydrogens is 281 g/mol. The molecule has 3 rings (SSSR count). The van der Waals surface area contributed by atoms with Gasteiger partial charge in [0.2, 0.25) is 0 Å². The van der Waals surface area contributed by atoms with Gasteiger partial charge in [-0.15, -0.1) is 0 Å². The molecule has 4 heteroatoms. The predicted molar refractivity (Wildman–Crippen MR) is 78.9 cm³/mol. The average molecular weight is 290 g/mol. The Balaban J connectivity index is 2.21. The van der Waals surface area contributed by atoms with Crippen molar-refractivity contribution in [1.29, 1.82) is 0 Å². The van der Waals surface area contributed by atoms with Gasteiger partial charge in [-0.3, -0.25) is 4.98 Å². The van der Waals surface area contributed by atoms with Crippen molar-refractivity contribution in [2.45, 2.75) is 0 Å². The van der Waals surface area contributed by atoms with Gasteiger partial charge in [0, 0.05) is 23.2 Å². The van der Waals surface area contributed by atoms with Crippen molar-refractivity contribution in [1.82, 2.24) is 4.98 Å². The normalized spacial score (nSPS) is 10.8. The summed E-state index contributed by atoms with van der Waals surface area (Å²) < 4.78 is 0. The largest absolute Gasteiger partial charge is 0.506 e. The molecule has 94 valence electrons. The Labute approximate surface area is 120 Å². The van der Waals surface area contributed by atoms with E-state index in [0.717, 1.165) is 22.0 Å². The van der Waals surface area contributed by atoms with Gasteiger partial charge in [0.05, 0.1) is 15.6 Å². The fourth-order valence-corrected chi connectivity index (χ4v) is 2.42. The van der Waals surface area contributed by atoms with Crippen LogP contribution in [0.2, 0.25) is 10.0 Å². The Kier molecular flexibility index (Phi) is 3.05. The Morgan fingerprint density at radius 1 is 0.947 bits per heavy atom. The molecule has 0 fully saturated rings. The quantitative estimate of drug-likeness (QED) is 0.690. The Morgan fingerprint density at radius 2 is 1.79 bits per heavy atom. The van der Waals surface area contributed by atoms with Crippen molar-refractivity contribution in [3.63, 3.8) is 0 Å². The van der Waals surface area contributed by atoms with Crippen molar-refractivity contribution in [2.24, 2.45) is 0 Å². The topological polar surface area (TPSA) is 33.1 Å². The number of fused-ring (bicyclic) bond motifs is 1. The van der Waals surface area contributed by atoms with E-state index < -0.39 is 0 Å². The first-order valence-corrected chi connectivity index (χ1v) is 6.44. The van der Waals surface area contributed by atoms with Crippen LogP contribution in [0.15, 0.2) is 48.7 Å². The van der Waals surface area contributed by atoms with Crippen LogP contribution in [-0.2, 0) is 0 Å². The second-order valence-electron chi connectivity index (χ2n) is 4.19. The lowest BCUT2D eigenvalue weighted by molar-refractivity contribution is 0.475. The van der Waals surface area contributed by atoms with Crippen LogP contribution >= 0.6 is 23.2 Å². The van der Waals surface area contributed by atoms with Crippen LogP contribution < -0.4 is 0 Å². The summed E-state index contributed by atoms with van der Waals surface area (Å²) in [5.74, 6) is -0.0191. The molecule has 1 N–H and O–H groups in total. The van der Waals surface area contributed by atoms with E-state index in [1.54, 1.807) is 12.3 Å². The summed E-state index contributed by atoms with van der Waals surface area (Å²) in [7, 11) is 0. The van der Waals surface area contributed by atoms with Crippen LogP contribution in [0.4, 0.5) is 0 Å². The SMILES string of the molecule is Oc1cc(Cl)c(-c2ccc3cccnc3c2)cc1Cl. The van der Waals surface area contributed by atoms with Gasteiger partial charge in [0.15, 0.2) is 0 Å². The van der Waals surface area contributed by atoms with Crippen molar-refractivity contribution in [3.8, 4) is 16.9 Å². The van der Waals surface area contributed by atoms with E-state index in [2.05, 4.69) is 4.98 Å². The van der Waals surface area contributed by atoms with Crippen molar-refractivity contribution in [2.75, 3.05) is 0 Å². The number of hydrogen-bond acceptors (Lipinski definition) is 2. The van der Waals surface area contributed by atoms with Gasteiger partial charge in [-0.1, -0.05) is 41.4 Å². The van der Waals surface area contributed by atoms with Crippen LogP contribution in [-0.4, -0.2) is 10.1 Å². The van der Waals surface area contributed by atoms with Crippen LogP contribution in [0.25, 0.3) is 22.0 Å². The monoisotopic (exact) mass is 289 g/mol. The fraction of sp³-hybridized carbons (Fsp3) is 0. The molecule has 2 nitrogen and oxygen atoms in total.